The fourth-order valence-electron chi connectivity index (χ4n) is 2.36. The van der Waals surface area contributed by atoms with Crippen LogP contribution in [0.3, 0.4) is 0 Å². The molecule has 0 bridgehead atoms. The number of hydrogen-bond donors (Lipinski definition) is 0. The number of hydrogen-bond acceptors (Lipinski definition) is 7. The predicted octanol–water partition coefficient (Wildman–Crippen LogP) is 3.67. The Hall–Kier alpha value is -3.42. The summed E-state index contributed by atoms with van der Waals surface area (Å²) < 4.78 is 15.7. The Bertz CT molecular complexity index is 880. The number of aromatic nitrogens is 2. The molecule has 26 heavy (non-hydrogen) atoms. The topological polar surface area (TPSA) is 101 Å². The molecule has 0 aliphatic heterocycles. The van der Waals surface area contributed by atoms with Gasteiger partial charge in [0.2, 0.25) is 11.7 Å². The number of ether oxygens (including phenoxy) is 2. The van der Waals surface area contributed by atoms with E-state index in [-0.39, 0.29) is 18.0 Å². The van der Waals surface area contributed by atoms with Gasteiger partial charge in [0.05, 0.1) is 24.7 Å². The van der Waals surface area contributed by atoms with Crippen molar-refractivity contribution in [2.45, 2.75) is 12.8 Å². The number of nitro groups is 1. The van der Waals surface area contributed by atoms with Crippen molar-refractivity contribution in [1.29, 1.82) is 0 Å². The molecule has 3 rings (SSSR count). The molecule has 1 aromatic heterocycles. The van der Waals surface area contributed by atoms with Crippen molar-refractivity contribution >= 4 is 5.69 Å². The summed E-state index contributed by atoms with van der Waals surface area (Å²) in [4.78, 5) is 15.0. The second-order valence-corrected chi connectivity index (χ2v) is 5.42. The van der Waals surface area contributed by atoms with E-state index in [4.69, 9.17) is 14.0 Å². The fourth-order valence-corrected chi connectivity index (χ4v) is 2.36. The van der Waals surface area contributed by atoms with Crippen molar-refractivity contribution in [2.75, 3.05) is 13.7 Å². The minimum absolute atomic E-state index is 0.131. The molecule has 1 heterocycles. The van der Waals surface area contributed by atoms with Gasteiger partial charge in [-0.05, 0) is 18.6 Å². The number of benzene rings is 2. The fraction of sp³-hybridized carbons (Fsp3) is 0.222. The van der Waals surface area contributed by atoms with Crippen molar-refractivity contribution < 1.29 is 18.9 Å². The minimum Gasteiger partial charge on any atom is -0.496 e. The quantitative estimate of drug-likeness (QED) is 0.345. The number of aryl methyl sites for hydroxylation is 1. The van der Waals surface area contributed by atoms with Gasteiger partial charge in [-0.1, -0.05) is 35.5 Å². The Morgan fingerprint density at radius 1 is 1.19 bits per heavy atom. The van der Waals surface area contributed by atoms with E-state index in [9.17, 15) is 10.1 Å². The molecule has 0 aliphatic rings. The number of rotatable bonds is 8. The van der Waals surface area contributed by atoms with Gasteiger partial charge in [0.25, 0.3) is 0 Å². The normalized spacial score (nSPS) is 10.5. The molecule has 0 N–H and O–H groups in total. The minimum atomic E-state index is -0.498. The zero-order valence-electron chi connectivity index (χ0n) is 14.1. The molecule has 0 atom stereocenters. The van der Waals surface area contributed by atoms with Gasteiger partial charge in [-0.25, -0.2) is 0 Å². The third-order valence-corrected chi connectivity index (χ3v) is 3.66. The van der Waals surface area contributed by atoms with Crippen molar-refractivity contribution in [3.05, 3.63) is 64.5 Å². The Morgan fingerprint density at radius 2 is 2.00 bits per heavy atom. The van der Waals surface area contributed by atoms with Crippen LogP contribution in [0.1, 0.15) is 12.3 Å². The van der Waals surface area contributed by atoms with Gasteiger partial charge < -0.3 is 14.0 Å². The van der Waals surface area contributed by atoms with Gasteiger partial charge in [-0.15, -0.1) is 0 Å². The van der Waals surface area contributed by atoms with Crippen LogP contribution in [0.2, 0.25) is 0 Å². The number of nitro benzene ring substituents is 1. The van der Waals surface area contributed by atoms with E-state index >= 15 is 0 Å². The largest absolute Gasteiger partial charge is 0.496 e. The Morgan fingerprint density at radius 3 is 2.73 bits per heavy atom. The predicted molar refractivity (Wildman–Crippen MR) is 93.2 cm³/mol. The summed E-state index contributed by atoms with van der Waals surface area (Å²) in [5.41, 5.74) is 0.751. The lowest BCUT2D eigenvalue weighted by molar-refractivity contribution is -0.385. The van der Waals surface area contributed by atoms with Crippen LogP contribution in [0.25, 0.3) is 11.4 Å². The molecule has 8 heteroatoms. The number of nitrogens with zero attached hydrogens (tertiary/aromatic N) is 3. The average molecular weight is 355 g/mol. The first-order chi connectivity index (χ1) is 12.7. The van der Waals surface area contributed by atoms with E-state index in [1.165, 1.54) is 19.2 Å². The van der Waals surface area contributed by atoms with Crippen LogP contribution in [-0.4, -0.2) is 28.8 Å². The maximum Gasteiger partial charge on any atom is 0.314 e. The van der Waals surface area contributed by atoms with Crippen LogP contribution >= 0.6 is 0 Å². The molecule has 0 radical (unpaired) electrons. The van der Waals surface area contributed by atoms with Crippen LogP contribution in [-0.2, 0) is 6.42 Å². The van der Waals surface area contributed by atoms with Crippen LogP contribution in [0, 0.1) is 10.1 Å². The summed E-state index contributed by atoms with van der Waals surface area (Å²) >= 11 is 0. The summed E-state index contributed by atoms with van der Waals surface area (Å²) in [6.07, 6.45) is 1.10. The molecule has 0 amide bonds. The maximum absolute atomic E-state index is 11.1. The van der Waals surface area contributed by atoms with Gasteiger partial charge in [0, 0.05) is 12.0 Å². The van der Waals surface area contributed by atoms with Crippen LogP contribution in [0.15, 0.2) is 53.1 Å². The molecule has 0 fully saturated rings. The van der Waals surface area contributed by atoms with E-state index in [0.717, 1.165) is 5.56 Å². The molecule has 0 saturated carbocycles. The smallest absolute Gasteiger partial charge is 0.314 e. The zero-order valence-corrected chi connectivity index (χ0v) is 14.1. The Labute approximate surface area is 149 Å². The molecule has 134 valence electrons. The molecular weight excluding hydrogens is 338 g/mol. The van der Waals surface area contributed by atoms with E-state index in [1.54, 1.807) is 6.07 Å². The molecule has 3 aromatic rings. The third-order valence-electron chi connectivity index (χ3n) is 3.66. The van der Waals surface area contributed by atoms with Crippen LogP contribution in [0.4, 0.5) is 5.69 Å². The second-order valence-electron chi connectivity index (χ2n) is 5.42. The van der Waals surface area contributed by atoms with Crippen LogP contribution < -0.4 is 9.47 Å². The van der Waals surface area contributed by atoms with Crippen LogP contribution in [0.5, 0.6) is 11.5 Å². The highest BCUT2D eigenvalue weighted by atomic mass is 16.6. The van der Waals surface area contributed by atoms with Gasteiger partial charge in [0.15, 0.2) is 5.75 Å². The molecule has 0 saturated heterocycles. The van der Waals surface area contributed by atoms with Gasteiger partial charge in [-0.2, -0.15) is 4.98 Å². The van der Waals surface area contributed by atoms with E-state index < -0.39 is 4.92 Å². The number of methoxy groups -OCH3 is 1. The van der Waals surface area contributed by atoms with Gasteiger partial charge >= 0.3 is 5.69 Å². The first kappa shape index (κ1) is 17.4. The van der Waals surface area contributed by atoms with E-state index in [0.29, 0.717) is 30.3 Å². The summed E-state index contributed by atoms with van der Waals surface area (Å²) in [6.45, 7) is 0.288. The van der Waals surface area contributed by atoms with Crippen molar-refractivity contribution in [3.8, 4) is 22.9 Å². The first-order valence-electron chi connectivity index (χ1n) is 8.00. The Balaban J connectivity index is 1.55. The monoisotopic (exact) mass is 355 g/mol. The average Bonchev–Trinajstić information content (AvgIpc) is 3.15. The highest BCUT2D eigenvalue weighted by Crippen LogP contribution is 2.31. The zero-order chi connectivity index (χ0) is 18.4. The van der Waals surface area contributed by atoms with Crippen molar-refractivity contribution in [1.82, 2.24) is 10.1 Å². The summed E-state index contributed by atoms with van der Waals surface area (Å²) in [6, 6.07) is 14.0. The van der Waals surface area contributed by atoms with E-state index in [2.05, 4.69) is 10.1 Å². The Kier molecular flexibility index (Phi) is 5.43. The SMILES string of the molecule is COc1ccc(OCCCc2nc(-c3ccccc3)no2)c([N+](=O)[O-])c1. The van der Waals surface area contributed by atoms with Crippen molar-refractivity contribution in [2.24, 2.45) is 0 Å². The van der Waals surface area contributed by atoms with Gasteiger partial charge in [-0.3, -0.25) is 10.1 Å². The molecular formula is C18H17N3O5. The molecule has 0 aliphatic carbocycles. The van der Waals surface area contributed by atoms with Crippen molar-refractivity contribution in [3.63, 3.8) is 0 Å². The standard InChI is InChI=1S/C18H17N3O5/c1-24-14-9-10-16(15(12-14)21(22)23)25-11-5-8-17-19-18(20-26-17)13-6-3-2-4-7-13/h2-4,6-7,9-10,12H,5,8,11H2,1H3. The maximum atomic E-state index is 11.1. The highest BCUT2D eigenvalue weighted by molar-refractivity contribution is 5.53. The lowest BCUT2D eigenvalue weighted by atomic mass is 10.2. The molecule has 8 nitrogen and oxygen atoms in total. The van der Waals surface area contributed by atoms with Gasteiger partial charge in [0.1, 0.15) is 5.75 Å². The lowest BCUT2D eigenvalue weighted by Gasteiger charge is -2.07. The third kappa shape index (κ3) is 4.15. The first-order valence-corrected chi connectivity index (χ1v) is 8.00. The van der Waals surface area contributed by atoms with E-state index in [1.807, 2.05) is 30.3 Å². The summed E-state index contributed by atoms with van der Waals surface area (Å²) in [5, 5.41) is 15.1. The lowest BCUT2D eigenvalue weighted by Crippen LogP contribution is -2.02. The molecule has 0 unspecified atom stereocenters. The second kappa shape index (κ2) is 8.11. The summed E-state index contributed by atoms with van der Waals surface area (Å²) in [7, 11) is 1.45. The summed E-state index contributed by atoms with van der Waals surface area (Å²) in [5.74, 6) is 1.64. The highest BCUT2D eigenvalue weighted by Gasteiger charge is 2.16. The molecule has 0 spiro atoms. The molecule has 2 aromatic carbocycles.